The summed E-state index contributed by atoms with van der Waals surface area (Å²) in [6.07, 6.45) is 0. The molecule has 1 radical (unpaired) electrons. The molecule has 0 aliphatic rings. The number of carbonyl (C=O) groups excluding carboxylic acids is 1. The van der Waals surface area contributed by atoms with E-state index < -0.39 is 0 Å². The molecule has 3 nitrogen and oxygen atoms in total. The summed E-state index contributed by atoms with van der Waals surface area (Å²) in [7, 11) is 1.54. The molecule has 0 aliphatic carbocycles. The Morgan fingerprint density at radius 2 is 1.53 bits per heavy atom. The summed E-state index contributed by atoms with van der Waals surface area (Å²) in [4.78, 5) is 11.9. The Morgan fingerprint density at radius 3 is 1.89 bits per heavy atom. The zero-order valence-corrected chi connectivity index (χ0v) is 13.0. The number of benzene rings is 1. The molecule has 0 unspecified atom stereocenters. The quantitative estimate of drug-likeness (QED) is 0.822. The van der Waals surface area contributed by atoms with E-state index in [9.17, 15) is 9.90 Å². The van der Waals surface area contributed by atoms with Gasteiger partial charge in [0.2, 0.25) is 0 Å². The van der Waals surface area contributed by atoms with Crippen LogP contribution in [0.4, 0.5) is 0 Å². The lowest BCUT2D eigenvalue weighted by atomic mass is 9.79. The highest BCUT2D eigenvalue weighted by molar-refractivity contribution is 5.97. The van der Waals surface area contributed by atoms with Crippen LogP contribution in [0.15, 0.2) is 12.1 Å². The van der Waals surface area contributed by atoms with Gasteiger partial charge in [0.05, 0.1) is 5.56 Å². The van der Waals surface area contributed by atoms with Gasteiger partial charge in [-0.25, -0.2) is 0 Å². The van der Waals surface area contributed by atoms with E-state index in [4.69, 9.17) is 0 Å². The molecule has 0 aliphatic heterocycles. The minimum absolute atomic E-state index is 0.101. The van der Waals surface area contributed by atoms with E-state index in [0.29, 0.717) is 5.56 Å². The smallest absolute Gasteiger partial charge is 0.255 e. The van der Waals surface area contributed by atoms with Crippen molar-refractivity contribution in [3.8, 4) is 5.75 Å². The fourth-order valence-corrected chi connectivity index (χ4v) is 1.92. The summed E-state index contributed by atoms with van der Waals surface area (Å²) in [5.74, 6) is -0.485. The van der Waals surface area contributed by atoms with Crippen molar-refractivity contribution in [2.24, 2.45) is 0 Å². The molecule has 1 aromatic rings. The fraction of sp³-hybridized carbons (Fsp3) is 0.562. The minimum Gasteiger partial charge on any atom is -0.355 e. The number of carbonyl (C=O) groups is 1. The van der Waals surface area contributed by atoms with Crippen molar-refractivity contribution in [3.63, 3.8) is 0 Å². The van der Waals surface area contributed by atoms with Crippen molar-refractivity contribution in [1.29, 1.82) is 0 Å². The maximum atomic E-state index is 12.4. The second-order valence-electron chi connectivity index (χ2n) is 6.98. The number of amides is 1. The highest BCUT2D eigenvalue weighted by Crippen LogP contribution is 2.37. The maximum absolute atomic E-state index is 12.4. The van der Waals surface area contributed by atoms with Crippen molar-refractivity contribution in [2.75, 3.05) is 7.05 Å². The molecule has 1 aromatic carbocycles. The van der Waals surface area contributed by atoms with Crippen LogP contribution in [0, 0.1) is 0 Å². The predicted octanol–water partition coefficient (Wildman–Crippen LogP) is 3.79. The van der Waals surface area contributed by atoms with Gasteiger partial charge in [-0.1, -0.05) is 47.6 Å². The van der Waals surface area contributed by atoms with Gasteiger partial charge in [0, 0.05) is 12.6 Å². The van der Waals surface area contributed by atoms with E-state index in [0.717, 1.165) is 5.56 Å². The molecule has 0 saturated carbocycles. The van der Waals surface area contributed by atoms with E-state index in [1.807, 2.05) is 26.8 Å². The Hall–Kier alpha value is -1.51. The van der Waals surface area contributed by atoms with Crippen molar-refractivity contribution in [3.05, 3.63) is 28.8 Å². The molecular weight excluding hydrogens is 238 g/mol. The first-order chi connectivity index (χ1) is 8.48. The Morgan fingerprint density at radius 1 is 1.00 bits per heavy atom. The largest absolute Gasteiger partial charge is 0.355 e. The molecule has 1 N–H and O–H groups in total. The first-order valence-corrected chi connectivity index (χ1v) is 6.56. The van der Waals surface area contributed by atoms with Crippen LogP contribution in [0.1, 0.15) is 63.0 Å². The van der Waals surface area contributed by atoms with Gasteiger partial charge in [-0.3, -0.25) is 9.90 Å². The molecule has 1 amide bonds. The highest BCUT2D eigenvalue weighted by atomic mass is 16.3. The van der Waals surface area contributed by atoms with Crippen molar-refractivity contribution < 1.29 is 9.90 Å². The monoisotopic (exact) mass is 262 g/mol. The standard InChI is InChI=1S/C16H24NO2/c1-15(2,3)10-8-11(14(19)17-7)13(18)12(9-10)16(4,5)6/h8-9H,1-7H3,(H,17,19). The van der Waals surface area contributed by atoms with Gasteiger partial charge in [0.1, 0.15) is 0 Å². The summed E-state index contributed by atoms with van der Waals surface area (Å²) in [6.45, 7) is 12.2. The third-order valence-electron chi connectivity index (χ3n) is 3.23. The predicted molar refractivity (Wildman–Crippen MR) is 77.4 cm³/mol. The molecule has 3 heteroatoms. The summed E-state index contributed by atoms with van der Waals surface area (Å²) < 4.78 is 0. The third kappa shape index (κ3) is 3.28. The number of hydrogen-bond acceptors (Lipinski definition) is 1. The van der Waals surface area contributed by atoms with E-state index in [1.54, 1.807) is 13.1 Å². The van der Waals surface area contributed by atoms with Gasteiger partial charge in [-0.15, -0.1) is 0 Å². The molecule has 0 saturated heterocycles. The van der Waals surface area contributed by atoms with Gasteiger partial charge in [0.15, 0.2) is 5.75 Å². The molecular formula is C16H24NO2. The molecule has 0 bridgehead atoms. The Labute approximate surface area is 116 Å². The molecule has 0 atom stereocenters. The van der Waals surface area contributed by atoms with Gasteiger partial charge in [-0.05, 0) is 22.5 Å². The van der Waals surface area contributed by atoms with Crippen LogP contribution in [0.25, 0.3) is 0 Å². The Kier molecular flexibility index (Phi) is 3.99. The molecule has 105 valence electrons. The van der Waals surface area contributed by atoms with Gasteiger partial charge < -0.3 is 5.32 Å². The molecule has 0 fully saturated rings. The second-order valence-corrected chi connectivity index (χ2v) is 6.98. The molecule has 0 aromatic heterocycles. The number of nitrogens with one attached hydrogen (secondary N) is 1. The first-order valence-electron chi connectivity index (χ1n) is 6.56. The lowest BCUT2D eigenvalue weighted by molar-refractivity contribution is 0.0958. The van der Waals surface area contributed by atoms with Crippen LogP contribution >= 0.6 is 0 Å². The molecule has 0 heterocycles. The summed E-state index contributed by atoms with van der Waals surface area (Å²) in [5.41, 5.74) is 1.56. The van der Waals surface area contributed by atoms with Crippen LogP contribution < -0.4 is 5.32 Å². The lowest BCUT2D eigenvalue weighted by Crippen LogP contribution is -2.22. The van der Waals surface area contributed by atoms with Gasteiger partial charge in [0.25, 0.3) is 5.91 Å². The number of hydrogen-bond donors (Lipinski definition) is 1. The SMILES string of the molecule is CNC(=O)c1cc(C(C)(C)C)cc(C(C)(C)C)c1[O]. The first kappa shape index (κ1) is 15.5. The van der Waals surface area contributed by atoms with Gasteiger partial charge >= 0.3 is 0 Å². The van der Waals surface area contributed by atoms with E-state index >= 15 is 0 Å². The zero-order chi connectivity index (χ0) is 15.0. The number of rotatable bonds is 1. The zero-order valence-electron chi connectivity index (χ0n) is 13.0. The molecule has 0 spiro atoms. The van der Waals surface area contributed by atoms with E-state index in [-0.39, 0.29) is 28.1 Å². The molecule has 1 rings (SSSR count). The van der Waals surface area contributed by atoms with Gasteiger partial charge in [-0.2, -0.15) is 0 Å². The van der Waals surface area contributed by atoms with Crippen LogP contribution in [0.2, 0.25) is 0 Å². The van der Waals surface area contributed by atoms with E-state index in [2.05, 4.69) is 26.1 Å². The average Bonchev–Trinajstić information content (AvgIpc) is 2.25. The van der Waals surface area contributed by atoms with Crippen molar-refractivity contribution >= 4 is 5.91 Å². The second kappa shape index (κ2) is 4.87. The average molecular weight is 262 g/mol. The Bertz CT molecular complexity index is 491. The van der Waals surface area contributed by atoms with Crippen LogP contribution in [-0.4, -0.2) is 13.0 Å². The van der Waals surface area contributed by atoms with Crippen LogP contribution in [-0.2, 0) is 15.9 Å². The fourth-order valence-electron chi connectivity index (χ4n) is 1.92. The van der Waals surface area contributed by atoms with E-state index in [1.165, 1.54) is 0 Å². The third-order valence-corrected chi connectivity index (χ3v) is 3.23. The normalized spacial score (nSPS) is 12.4. The van der Waals surface area contributed by atoms with Crippen molar-refractivity contribution in [2.45, 2.75) is 52.4 Å². The highest BCUT2D eigenvalue weighted by Gasteiger charge is 2.27. The minimum atomic E-state index is -0.318. The van der Waals surface area contributed by atoms with Crippen molar-refractivity contribution in [1.82, 2.24) is 5.32 Å². The summed E-state index contributed by atoms with van der Waals surface area (Å²) >= 11 is 0. The summed E-state index contributed by atoms with van der Waals surface area (Å²) in [6, 6.07) is 3.66. The lowest BCUT2D eigenvalue weighted by Gasteiger charge is -2.26. The summed E-state index contributed by atoms with van der Waals surface area (Å²) in [5, 5.41) is 15.0. The topological polar surface area (TPSA) is 49.0 Å². The maximum Gasteiger partial charge on any atom is 0.255 e. The van der Waals surface area contributed by atoms with Crippen LogP contribution in [0.5, 0.6) is 5.75 Å². The van der Waals surface area contributed by atoms with Crippen LogP contribution in [0.3, 0.4) is 0 Å². The Balaban J connectivity index is 3.62. The molecule has 19 heavy (non-hydrogen) atoms.